The maximum atomic E-state index is 13.3. The fourth-order valence-electron chi connectivity index (χ4n) is 3.70. The number of amides is 1. The topological polar surface area (TPSA) is 70.6 Å². The summed E-state index contributed by atoms with van der Waals surface area (Å²) in [7, 11) is 3.58. The van der Waals surface area contributed by atoms with E-state index in [0.29, 0.717) is 36.0 Å². The molecule has 1 aromatic carbocycles. The Labute approximate surface area is 167 Å². The van der Waals surface area contributed by atoms with E-state index in [-0.39, 0.29) is 24.1 Å². The third kappa shape index (κ3) is 3.45. The number of hydrogen-bond donors (Lipinski definition) is 1. The first-order valence-corrected chi connectivity index (χ1v) is 9.52. The van der Waals surface area contributed by atoms with E-state index in [1.165, 1.54) is 6.07 Å². The summed E-state index contributed by atoms with van der Waals surface area (Å²) in [5.41, 5.74) is 1.44. The quantitative estimate of drug-likeness (QED) is 0.847. The lowest BCUT2D eigenvalue weighted by molar-refractivity contribution is -0.119. The summed E-state index contributed by atoms with van der Waals surface area (Å²) in [4.78, 5) is 24.9. The second-order valence-corrected chi connectivity index (χ2v) is 7.62. The number of fused-ring (bicyclic) bond motifs is 1. The van der Waals surface area contributed by atoms with Gasteiger partial charge in [0.25, 0.3) is 0 Å². The number of nitrogens with one attached hydrogen (secondary N) is 1. The standard InChI is InChI=1S/C20H23F2N5O2/c1-10-17-18(26(3)11(2)19(28)27(17)4)25-20(23-10)24-12-7-14(8-12)29-13-5-6-15(21)16(22)9-13/h5-6,9,11-12,14H,7-8H2,1-4H3,(H,23,24,25)/t11-,12?,14?/m0/s1. The van der Waals surface area contributed by atoms with Gasteiger partial charge in [-0.15, -0.1) is 0 Å². The Balaban J connectivity index is 1.42. The van der Waals surface area contributed by atoms with Crippen LogP contribution in [0.5, 0.6) is 5.75 Å². The molecule has 154 valence electrons. The number of aromatic nitrogens is 2. The van der Waals surface area contributed by atoms with E-state index in [4.69, 9.17) is 4.74 Å². The van der Waals surface area contributed by atoms with Gasteiger partial charge in [0.2, 0.25) is 11.9 Å². The van der Waals surface area contributed by atoms with Crippen molar-refractivity contribution in [1.82, 2.24) is 9.97 Å². The largest absolute Gasteiger partial charge is 0.490 e. The van der Waals surface area contributed by atoms with E-state index in [1.807, 2.05) is 25.8 Å². The van der Waals surface area contributed by atoms with Crippen molar-refractivity contribution in [3.8, 4) is 5.75 Å². The van der Waals surface area contributed by atoms with Gasteiger partial charge in [-0.2, -0.15) is 4.98 Å². The molecule has 7 nitrogen and oxygen atoms in total. The highest BCUT2D eigenvalue weighted by Crippen LogP contribution is 2.36. The van der Waals surface area contributed by atoms with Gasteiger partial charge in [0.15, 0.2) is 17.5 Å². The number of anilines is 3. The number of likely N-dealkylation sites (N-methyl/N-ethyl adjacent to an activating group) is 2. The van der Waals surface area contributed by atoms with Gasteiger partial charge >= 0.3 is 0 Å². The van der Waals surface area contributed by atoms with Crippen molar-refractivity contribution in [3.63, 3.8) is 0 Å². The Kier molecular flexibility index (Phi) is 4.76. The van der Waals surface area contributed by atoms with Crippen LogP contribution < -0.4 is 19.9 Å². The summed E-state index contributed by atoms with van der Waals surface area (Å²) in [5, 5.41) is 3.30. The second-order valence-electron chi connectivity index (χ2n) is 7.62. The molecule has 0 spiro atoms. The number of ether oxygens (including phenoxy) is 1. The molecule has 1 amide bonds. The molecule has 1 atom stereocenters. The van der Waals surface area contributed by atoms with Gasteiger partial charge in [0.1, 0.15) is 23.6 Å². The number of halogens is 2. The van der Waals surface area contributed by atoms with Crippen LogP contribution in [0, 0.1) is 18.6 Å². The van der Waals surface area contributed by atoms with E-state index in [2.05, 4.69) is 15.3 Å². The minimum Gasteiger partial charge on any atom is -0.490 e. The van der Waals surface area contributed by atoms with E-state index >= 15 is 0 Å². The molecule has 0 unspecified atom stereocenters. The average Bonchev–Trinajstić information content (AvgIpc) is 2.65. The molecule has 1 saturated carbocycles. The van der Waals surface area contributed by atoms with Crippen molar-refractivity contribution in [3.05, 3.63) is 35.5 Å². The van der Waals surface area contributed by atoms with Gasteiger partial charge in [0, 0.05) is 39.0 Å². The molecular formula is C20H23F2N5O2. The molecule has 9 heteroatoms. The van der Waals surface area contributed by atoms with Crippen LogP contribution in [0.15, 0.2) is 18.2 Å². The molecule has 2 heterocycles. The monoisotopic (exact) mass is 403 g/mol. The summed E-state index contributed by atoms with van der Waals surface area (Å²) >= 11 is 0. The zero-order valence-corrected chi connectivity index (χ0v) is 16.7. The summed E-state index contributed by atoms with van der Waals surface area (Å²) in [6.45, 7) is 3.70. The van der Waals surface area contributed by atoms with Crippen LogP contribution in [0.3, 0.4) is 0 Å². The minimum absolute atomic E-state index is 0.00335. The summed E-state index contributed by atoms with van der Waals surface area (Å²) in [5.74, 6) is -0.281. The number of carbonyl (C=O) groups excluding carboxylic acids is 1. The number of aryl methyl sites for hydroxylation is 1. The van der Waals surface area contributed by atoms with Crippen molar-refractivity contribution < 1.29 is 18.3 Å². The molecule has 29 heavy (non-hydrogen) atoms. The predicted octanol–water partition coefficient (Wildman–Crippen LogP) is 2.89. The first-order valence-electron chi connectivity index (χ1n) is 9.52. The van der Waals surface area contributed by atoms with Crippen LogP contribution in [-0.2, 0) is 4.79 Å². The fraction of sp³-hybridized carbons (Fsp3) is 0.450. The van der Waals surface area contributed by atoms with Gasteiger partial charge in [-0.25, -0.2) is 13.8 Å². The van der Waals surface area contributed by atoms with Gasteiger partial charge in [-0.3, -0.25) is 4.79 Å². The Morgan fingerprint density at radius 2 is 1.90 bits per heavy atom. The molecule has 1 fully saturated rings. The highest BCUT2D eigenvalue weighted by Gasteiger charge is 2.36. The number of benzene rings is 1. The number of nitrogens with zero attached hydrogens (tertiary/aromatic N) is 4. The smallest absolute Gasteiger partial charge is 0.249 e. The van der Waals surface area contributed by atoms with E-state index in [0.717, 1.165) is 17.8 Å². The van der Waals surface area contributed by atoms with Crippen molar-refractivity contribution in [2.75, 3.05) is 29.2 Å². The lowest BCUT2D eigenvalue weighted by atomic mass is 9.89. The van der Waals surface area contributed by atoms with E-state index < -0.39 is 11.6 Å². The maximum Gasteiger partial charge on any atom is 0.249 e. The van der Waals surface area contributed by atoms with Gasteiger partial charge < -0.3 is 19.9 Å². The van der Waals surface area contributed by atoms with Crippen LogP contribution in [0.25, 0.3) is 0 Å². The predicted molar refractivity (Wildman–Crippen MR) is 105 cm³/mol. The maximum absolute atomic E-state index is 13.3. The highest BCUT2D eigenvalue weighted by molar-refractivity contribution is 6.04. The van der Waals surface area contributed by atoms with Crippen LogP contribution in [0.4, 0.5) is 26.2 Å². The Morgan fingerprint density at radius 3 is 2.59 bits per heavy atom. The minimum atomic E-state index is -0.920. The SMILES string of the molecule is Cc1nc(NC2CC(Oc3ccc(F)c(F)c3)C2)nc2c1N(C)C(=O)[C@H](C)N2C. The summed E-state index contributed by atoms with van der Waals surface area (Å²) < 4.78 is 32.0. The van der Waals surface area contributed by atoms with Crippen molar-refractivity contribution >= 4 is 23.4 Å². The van der Waals surface area contributed by atoms with Crippen molar-refractivity contribution in [2.24, 2.45) is 0 Å². The molecule has 0 bridgehead atoms. The first kappa shape index (κ1) is 19.4. The zero-order chi connectivity index (χ0) is 20.9. The first-order chi connectivity index (χ1) is 13.7. The molecule has 0 radical (unpaired) electrons. The fourth-order valence-corrected chi connectivity index (χ4v) is 3.70. The molecule has 1 aromatic heterocycles. The van der Waals surface area contributed by atoms with Crippen LogP contribution in [0.1, 0.15) is 25.5 Å². The molecule has 2 aromatic rings. The lowest BCUT2D eigenvalue weighted by Crippen LogP contribution is -2.50. The molecule has 0 saturated heterocycles. The van der Waals surface area contributed by atoms with Gasteiger partial charge in [-0.05, 0) is 26.0 Å². The molecule has 4 rings (SSSR count). The normalized spacial score (nSPS) is 23.5. The molecule has 1 aliphatic heterocycles. The Bertz CT molecular complexity index is 964. The van der Waals surface area contributed by atoms with E-state index in [1.54, 1.807) is 11.9 Å². The molecule has 2 aliphatic rings. The second kappa shape index (κ2) is 7.13. The summed E-state index contributed by atoms with van der Waals surface area (Å²) in [6.07, 6.45) is 1.31. The van der Waals surface area contributed by atoms with E-state index in [9.17, 15) is 13.6 Å². The van der Waals surface area contributed by atoms with Crippen LogP contribution in [-0.4, -0.2) is 48.2 Å². The third-order valence-electron chi connectivity index (χ3n) is 5.60. The summed E-state index contributed by atoms with van der Waals surface area (Å²) in [6, 6.07) is 3.35. The molecule has 1 N–H and O–H groups in total. The lowest BCUT2D eigenvalue weighted by Gasteiger charge is -2.38. The highest BCUT2D eigenvalue weighted by atomic mass is 19.2. The van der Waals surface area contributed by atoms with Gasteiger partial charge in [-0.1, -0.05) is 0 Å². The molecular weight excluding hydrogens is 380 g/mol. The number of hydrogen-bond acceptors (Lipinski definition) is 6. The zero-order valence-electron chi connectivity index (χ0n) is 16.7. The van der Waals surface area contributed by atoms with Gasteiger partial charge in [0.05, 0.1) is 5.69 Å². The van der Waals surface area contributed by atoms with Crippen LogP contribution in [0.2, 0.25) is 0 Å². The number of carbonyl (C=O) groups is 1. The molecule has 1 aliphatic carbocycles. The Morgan fingerprint density at radius 1 is 1.17 bits per heavy atom. The Hall–Kier alpha value is -2.97. The average molecular weight is 403 g/mol. The third-order valence-corrected chi connectivity index (χ3v) is 5.60. The number of rotatable bonds is 4. The van der Waals surface area contributed by atoms with Crippen molar-refractivity contribution in [1.29, 1.82) is 0 Å². The van der Waals surface area contributed by atoms with Crippen LogP contribution >= 0.6 is 0 Å². The van der Waals surface area contributed by atoms with Crippen molar-refractivity contribution in [2.45, 2.75) is 44.9 Å².